The van der Waals surface area contributed by atoms with Crippen LogP contribution in [0.15, 0.2) is 53.6 Å². The summed E-state index contributed by atoms with van der Waals surface area (Å²) < 4.78 is 7.49. The lowest BCUT2D eigenvalue weighted by atomic mass is 10.0. The minimum atomic E-state index is 0.464. The predicted octanol–water partition coefficient (Wildman–Crippen LogP) is 2.99. The molecule has 0 aliphatic carbocycles. The molecule has 3 heterocycles. The Morgan fingerprint density at radius 2 is 2.08 bits per heavy atom. The Labute approximate surface area is 141 Å². The number of hydrogen-bond donors (Lipinski definition) is 0. The molecule has 6 nitrogen and oxygen atoms in total. The zero-order valence-corrected chi connectivity index (χ0v) is 13.6. The highest BCUT2D eigenvalue weighted by molar-refractivity contribution is 5.58. The van der Waals surface area contributed by atoms with Gasteiger partial charge in [-0.15, -0.1) is 0 Å². The molecular weight excluding hydrogens is 302 g/mol. The summed E-state index contributed by atoms with van der Waals surface area (Å²) in [5, 5.41) is 8.46. The number of aromatic nitrogens is 4. The van der Waals surface area contributed by atoms with Crippen LogP contribution >= 0.6 is 0 Å². The molecule has 3 aromatic rings. The Hall–Kier alpha value is -2.47. The minimum absolute atomic E-state index is 0.464. The molecule has 1 aliphatic heterocycles. The zero-order valence-electron chi connectivity index (χ0n) is 13.6. The molecule has 24 heavy (non-hydrogen) atoms. The van der Waals surface area contributed by atoms with Gasteiger partial charge in [-0.05, 0) is 19.4 Å². The van der Waals surface area contributed by atoms with E-state index in [1.165, 1.54) is 19.3 Å². The quantitative estimate of drug-likeness (QED) is 0.722. The Balaban J connectivity index is 1.46. The molecule has 1 fully saturated rings. The summed E-state index contributed by atoms with van der Waals surface area (Å²) >= 11 is 0. The van der Waals surface area contributed by atoms with Crippen molar-refractivity contribution >= 4 is 0 Å². The van der Waals surface area contributed by atoms with Gasteiger partial charge in [-0.3, -0.25) is 9.58 Å². The normalized spacial score (nSPS) is 18.8. The van der Waals surface area contributed by atoms with Crippen LogP contribution in [0, 0.1) is 0 Å². The summed E-state index contributed by atoms with van der Waals surface area (Å²) in [4.78, 5) is 6.51. The molecule has 0 N–H and O–H groups in total. The molecule has 1 aromatic carbocycles. The summed E-state index contributed by atoms with van der Waals surface area (Å²) in [6, 6.07) is 12.7. The Morgan fingerprint density at radius 3 is 2.92 bits per heavy atom. The molecule has 0 spiro atoms. The van der Waals surface area contributed by atoms with Crippen molar-refractivity contribution in [2.24, 2.45) is 0 Å². The largest absolute Gasteiger partial charge is 0.359 e. The lowest BCUT2D eigenvalue weighted by molar-refractivity contribution is 0.110. The molecule has 124 valence electrons. The van der Waals surface area contributed by atoms with Gasteiger partial charge in [0.1, 0.15) is 18.3 Å². The van der Waals surface area contributed by atoms with Crippen LogP contribution in [0.25, 0.3) is 11.3 Å². The van der Waals surface area contributed by atoms with E-state index >= 15 is 0 Å². The van der Waals surface area contributed by atoms with Crippen molar-refractivity contribution in [2.75, 3.05) is 6.54 Å². The zero-order chi connectivity index (χ0) is 16.2. The molecule has 0 amide bonds. The van der Waals surface area contributed by atoms with Gasteiger partial charge >= 0.3 is 0 Å². The van der Waals surface area contributed by atoms with Gasteiger partial charge in [-0.25, -0.2) is 4.98 Å². The fourth-order valence-electron chi connectivity index (χ4n) is 3.35. The summed E-state index contributed by atoms with van der Waals surface area (Å²) in [5.74, 6) is 0.916. The first-order valence-electron chi connectivity index (χ1n) is 8.46. The second-order valence-electron chi connectivity index (χ2n) is 6.28. The maximum atomic E-state index is 5.58. The summed E-state index contributed by atoms with van der Waals surface area (Å²) in [6.45, 7) is 2.75. The maximum Gasteiger partial charge on any atom is 0.151 e. The first kappa shape index (κ1) is 15.1. The van der Waals surface area contributed by atoms with E-state index in [0.29, 0.717) is 6.04 Å². The average Bonchev–Trinajstić information content (AvgIpc) is 3.29. The van der Waals surface area contributed by atoms with Crippen LogP contribution in [0.3, 0.4) is 0 Å². The van der Waals surface area contributed by atoms with Crippen molar-refractivity contribution in [1.82, 2.24) is 24.8 Å². The molecule has 0 radical (unpaired) electrons. The third-order valence-electron chi connectivity index (χ3n) is 4.60. The van der Waals surface area contributed by atoms with Crippen LogP contribution in [0.2, 0.25) is 0 Å². The third-order valence-corrected chi connectivity index (χ3v) is 4.60. The molecule has 4 rings (SSSR count). The molecular formula is C18H21N5O. The number of nitrogens with zero attached hydrogens (tertiary/aromatic N) is 5. The highest BCUT2D eigenvalue weighted by Gasteiger charge is 2.24. The van der Waals surface area contributed by atoms with Crippen LogP contribution in [0.5, 0.6) is 0 Å². The molecule has 0 unspecified atom stereocenters. The van der Waals surface area contributed by atoms with E-state index in [2.05, 4.69) is 38.3 Å². The highest BCUT2D eigenvalue weighted by atomic mass is 16.5. The Bertz CT molecular complexity index is 753. The summed E-state index contributed by atoms with van der Waals surface area (Å²) in [7, 11) is 0. The molecule has 1 atom stereocenters. The van der Waals surface area contributed by atoms with Crippen LogP contribution in [0.4, 0.5) is 0 Å². The SMILES string of the molecule is c1ccc(-c2cc(CN3CCCC[C@@H]3Cn3cncn3)on2)cc1. The lowest BCUT2D eigenvalue weighted by Crippen LogP contribution is -2.41. The average molecular weight is 323 g/mol. The van der Waals surface area contributed by atoms with Crippen molar-refractivity contribution in [1.29, 1.82) is 0 Å². The first-order chi connectivity index (χ1) is 11.9. The van der Waals surface area contributed by atoms with Gasteiger partial charge in [0.15, 0.2) is 5.76 Å². The molecule has 0 bridgehead atoms. The maximum absolute atomic E-state index is 5.58. The highest BCUT2D eigenvalue weighted by Crippen LogP contribution is 2.23. The van der Waals surface area contributed by atoms with E-state index in [1.807, 2.05) is 22.9 Å². The van der Waals surface area contributed by atoms with Gasteiger partial charge in [0.05, 0.1) is 13.1 Å². The van der Waals surface area contributed by atoms with Gasteiger partial charge in [-0.2, -0.15) is 5.10 Å². The second-order valence-corrected chi connectivity index (χ2v) is 6.28. The fraction of sp³-hybridized carbons (Fsp3) is 0.389. The van der Waals surface area contributed by atoms with Crippen molar-refractivity contribution < 1.29 is 4.52 Å². The topological polar surface area (TPSA) is 60.0 Å². The number of rotatable bonds is 5. The molecule has 0 saturated carbocycles. The van der Waals surface area contributed by atoms with Gasteiger partial charge < -0.3 is 4.52 Å². The lowest BCUT2D eigenvalue weighted by Gasteiger charge is -2.34. The second kappa shape index (κ2) is 6.97. The van der Waals surface area contributed by atoms with Crippen molar-refractivity contribution in [3.05, 3.63) is 54.8 Å². The van der Waals surface area contributed by atoms with Crippen LogP contribution in [-0.4, -0.2) is 37.4 Å². The summed E-state index contributed by atoms with van der Waals surface area (Å²) in [5.41, 5.74) is 1.99. The number of benzene rings is 1. The number of hydrogen-bond acceptors (Lipinski definition) is 5. The van der Waals surface area contributed by atoms with E-state index in [-0.39, 0.29) is 0 Å². The predicted molar refractivity (Wildman–Crippen MR) is 90.0 cm³/mol. The standard InChI is InChI=1S/C18H21N5O/c1-2-6-15(7-3-1)18-10-17(24-21-18)12-22-9-5-4-8-16(22)11-23-14-19-13-20-23/h1-3,6-7,10,13-14,16H,4-5,8-9,11-12H2/t16-/m1/s1. The number of piperidine rings is 1. The minimum Gasteiger partial charge on any atom is -0.359 e. The van der Waals surface area contributed by atoms with Crippen LogP contribution in [0.1, 0.15) is 25.0 Å². The van der Waals surface area contributed by atoms with E-state index in [9.17, 15) is 0 Å². The number of likely N-dealkylation sites (tertiary alicyclic amines) is 1. The van der Waals surface area contributed by atoms with Crippen molar-refractivity contribution in [2.45, 2.75) is 38.4 Å². The molecule has 1 saturated heterocycles. The Morgan fingerprint density at radius 1 is 1.17 bits per heavy atom. The van der Waals surface area contributed by atoms with E-state index in [4.69, 9.17) is 4.52 Å². The van der Waals surface area contributed by atoms with Crippen LogP contribution < -0.4 is 0 Å². The van der Waals surface area contributed by atoms with E-state index in [0.717, 1.165) is 36.7 Å². The van der Waals surface area contributed by atoms with Crippen LogP contribution in [-0.2, 0) is 13.1 Å². The van der Waals surface area contributed by atoms with Crippen molar-refractivity contribution in [3.63, 3.8) is 0 Å². The van der Waals surface area contributed by atoms with E-state index < -0.39 is 0 Å². The fourth-order valence-corrected chi connectivity index (χ4v) is 3.35. The third kappa shape index (κ3) is 3.38. The molecule has 6 heteroatoms. The van der Waals surface area contributed by atoms with Gasteiger partial charge in [-0.1, -0.05) is 41.9 Å². The molecule has 1 aliphatic rings. The monoisotopic (exact) mass is 323 g/mol. The van der Waals surface area contributed by atoms with Gasteiger partial charge in [0.25, 0.3) is 0 Å². The summed E-state index contributed by atoms with van der Waals surface area (Å²) in [6.07, 6.45) is 7.05. The smallest absolute Gasteiger partial charge is 0.151 e. The van der Waals surface area contributed by atoms with Gasteiger partial charge in [0, 0.05) is 17.7 Å². The molecule has 2 aromatic heterocycles. The Kier molecular flexibility index (Phi) is 4.38. The van der Waals surface area contributed by atoms with Crippen molar-refractivity contribution in [3.8, 4) is 11.3 Å². The van der Waals surface area contributed by atoms with E-state index in [1.54, 1.807) is 12.7 Å². The van der Waals surface area contributed by atoms with Gasteiger partial charge in [0.2, 0.25) is 0 Å². The first-order valence-corrected chi connectivity index (χ1v) is 8.46.